The number of para-hydroxylation sites is 1. The molecule has 3 heterocycles. The number of aromatic nitrogens is 4. The molecule has 0 amide bonds. The number of benzene rings is 1. The predicted molar refractivity (Wildman–Crippen MR) is 106 cm³/mol. The van der Waals surface area contributed by atoms with E-state index in [1.807, 2.05) is 42.6 Å². The Bertz CT molecular complexity index is 911. The lowest BCUT2D eigenvalue weighted by atomic mass is 9.99. The number of aryl methyl sites for hydroxylation is 1. The molecule has 1 unspecified atom stereocenters. The summed E-state index contributed by atoms with van der Waals surface area (Å²) in [5.41, 5.74) is 1.65. The van der Waals surface area contributed by atoms with Gasteiger partial charge < -0.3 is 5.32 Å². The number of nitrogens with one attached hydrogen (secondary N) is 1. The standard InChI is InChI=1S/C18H21N5OS.ClH/c1-13-20-15(12-25-13)11-22-18(24)23(16-7-3-2-4-8-16)17(21-22)14-6-5-9-19-10-14;/h2-4,7-8,12,14,19H,5-6,9-11H2,1H3;1H. The molecule has 1 aliphatic heterocycles. The van der Waals surface area contributed by atoms with Gasteiger partial charge in [0.05, 0.1) is 22.9 Å². The lowest BCUT2D eigenvalue weighted by Gasteiger charge is -2.22. The molecular formula is C18H22ClN5OS. The van der Waals surface area contributed by atoms with Crippen LogP contribution in [0.4, 0.5) is 0 Å². The van der Waals surface area contributed by atoms with E-state index in [1.165, 1.54) is 0 Å². The second-order valence-corrected chi connectivity index (χ2v) is 7.43. The van der Waals surface area contributed by atoms with Gasteiger partial charge in [0.25, 0.3) is 0 Å². The fraction of sp³-hybridized carbons (Fsp3) is 0.389. The van der Waals surface area contributed by atoms with Crippen molar-refractivity contribution in [2.75, 3.05) is 13.1 Å². The molecule has 3 aromatic rings. The Morgan fingerprint density at radius 3 is 2.77 bits per heavy atom. The fourth-order valence-corrected chi connectivity index (χ4v) is 3.92. The quantitative estimate of drug-likeness (QED) is 0.742. The first-order chi connectivity index (χ1) is 12.2. The smallest absolute Gasteiger partial charge is 0.316 e. The van der Waals surface area contributed by atoms with Gasteiger partial charge >= 0.3 is 5.69 Å². The molecule has 1 N–H and O–H groups in total. The number of thiazole rings is 1. The number of piperidine rings is 1. The zero-order valence-corrected chi connectivity index (χ0v) is 16.2. The van der Waals surface area contributed by atoms with Crippen molar-refractivity contribution in [2.45, 2.75) is 32.2 Å². The highest BCUT2D eigenvalue weighted by Crippen LogP contribution is 2.23. The summed E-state index contributed by atoms with van der Waals surface area (Å²) in [6, 6.07) is 9.77. The SMILES string of the molecule is Cc1nc(Cn2nc(C3CCCNC3)n(-c3ccccc3)c2=O)cs1.Cl. The molecule has 4 rings (SSSR count). The first-order valence-corrected chi connectivity index (χ1v) is 9.47. The Labute approximate surface area is 162 Å². The molecular weight excluding hydrogens is 370 g/mol. The van der Waals surface area contributed by atoms with Crippen LogP contribution in [0.25, 0.3) is 5.69 Å². The Hall–Kier alpha value is -1.96. The van der Waals surface area contributed by atoms with Gasteiger partial charge in [-0.1, -0.05) is 18.2 Å². The fourth-order valence-electron chi connectivity index (χ4n) is 3.32. The highest BCUT2D eigenvalue weighted by atomic mass is 35.5. The van der Waals surface area contributed by atoms with Crippen LogP contribution in [0.15, 0.2) is 40.5 Å². The van der Waals surface area contributed by atoms with Crippen molar-refractivity contribution in [1.29, 1.82) is 0 Å². The zero-order valence-electron chi connectivity index (χ0n) is 14.6. The van der Waals surface area contributed by atoms with Crippen LogP contribution in [0.5, 0.6) is 0 Å². The van der Waals surface area contributed by atoms with E-state index >= 15 is 0 Å². The van der Waals surface area contributed by atoms with E-state index in [1.54, 1.807) is 20.6 Å². The maximum atomic E-state index is 13.1. The molecule has 1 fully saturated rings. The Balaban J connectivity index is 0.00000196. The van der Waals surface area contributed by atoms with Crippen LogP contribution in [0.1, 0.15) is 35.3 Å². The summed E-state index contributed by atoms with van der Waals surface area (Å²) in [5, 5.41) is 11.1. The van der Waals surface area contributed by atoms with Crippen molar-refractivity contribution in [1.82, 2.24) is 24.6 Å². The van der Waals surface area contributed by atoms with Gasteiger partial charge in [0.1, 0.15) is 5.82 Å². The molecule has 1 aromatic carbocycles. The molecule has 0 spiro atoms. The van der Waals surface area contributed by atoms with Gasteiger partial charge in [0.15, 0.2) is 0 Å². The summed E-state index contributed by atoms with van der Waals surface area (Å²) in [6.07, 6.45) is 2.15. The third kappa shape index (κ3) is 3.75. The average Bonchev–Trinajstić information content (AvgIpc) is 3.20. The minimum Gasteiger partial charge on any atom is -0.316 e. The van der Waals surface area contributed by atoms with Gasteiger partial charge in [0.2, 0.25) is 0 Å². The van der Waals surface area contributed by atoms with Crippen LogP contribution in [0.3, 0.4) is 0 Å². The average molecular weight is 392 g/mol. The van der Waals surface area contributed by atoms with Crippen LogP contribution >= 0.6 is 23.7 Å². The molecule has 2 aromatic heterocycles. The molecule has 138 valence electrons. The third-order valence-electron chi connectivity index (χ3n) is 4.52. The Morgan fingerprint density at radius 1 is 1.31 bits per heavy atom. The topological polar surface area (TPSA) is 64.7 Å². The highest BCUT2D eigenvalue weighted by molar-refractivity contribution is 7.09. The van der Waals surface area contributed by atoms with E-state index < -0.39 is 0 Å². The minimum atomic E-state index is -0.0996. The molecule has 0 aliphatic carbocycles. The maximum Gasteiger partial charge on any atom is 0.350 e. The van der Waals surface area contributed by atoms with E-state index in [0.717, 1.165) is 48.1 Å². The van der Waals surface area contributed by atoms with E-state index in [2.05, 4.69) is 10.3 Å². The molecule has 6 nitrogen and oxygen atoms in total. The summed E-state index contributed by atoms with van der Waals surface area (Å²) in [6.45, 7) is 4.28. The normalized spacial score (nSPS) is 17.0. The molecule has 26 heavy (non-hydrogen) atoms. The molecule has 1 saturated heterocycles. The van der Waals surface area contributed by atoms with Crippen LogP contribution in [0.2, 0.25) is 0 Å². The Morgan fingerprint density at radius 2 is 2.12 bits per heavy atom. The van der Waals surface area contributed by atoms with Crippen LogP contribution in [-0.4, -0.2) is 32.4 Å². The van der Waals surface area contributed by atoms with Crippen molar-refractivity contribution in [3.8, 4) is 5.69 Å². The second kappa shape index (κ2) is 8.16. The lowest BCUT2D eigenvalue weighted by molar-refractivity contribution is 0.439. The van der Waals surface area contributed by atoms with Gasteiger partial charge in [-0.2, -0.15) is 5.10 Å². The maximum absolute atomic E-state index is 13.1. The molecule has 0 saturated carbocycles. The van der Waals surface area contributed by atoms with Crippen molar-refractivity contribution in [2.24, 2.45) is 0 Å². The number of nitrogens with zero attached hydrogens (tertiary/aromatic N) is 4. The number of hydrogen-bond acceptors (Lipinski definition) is 5. The largest absolute Gasteiger partial charge is 0.350 e. The number of halogens is 1. The number of rotatable bonds is 4. The zero-order chi connectivity index (χ0) is 17.2. The van der Waals surface area contributed by atoms with Crippen LogP contribution in [-0.2, 0) is 6.54 Å². The van der Waals surface area contributed by atoms with E-state index in [-0.39, 0.29) is 24.0 Å². The van der Waals surface area contributed by atoms with Crippen molar-refractivity contribution in [3.05, 3.63) is 62.7 Å². The first kappa shape index (κ1) is 18.8. The van der Waals surface area contributed by atoms with Gasteiger partial charge in [-0.25, -0.2) is 19.0 Å². The molecule has 1 atom stereocenters. The van der Waals surface area contributed by atoms with Crippen LogP contribution in [0, 0.1) is 6.92 Å². The van der Waals surface area contributed by atoms with Crippen molar-refractivity contribution in [3.63, 3.8) is 0 Å². The molecule has 8 heteroatoms. The summed E-state index contributed by atoms with van der Waals surface area (Å²) in [5.74, 6) is 1.09. The van der Waals surface area contributed by atoms with Gasteiger partial charge in [-0.05, 0) is 38.4 Å². The predicted octanol–water partition coefficient (Wildman–Crippen LogP) is 2.74. The van der Waals surface area contributed by atoms with Gasteiger partial charge in [-0.15, -0.1) is 23.7 Å². The highest BCUT2D eigenvalue weighted by Gasteiger charge is 2.25. The van der Waals surface area contributed by atoms with Gasteiger partial charge in [0, 0.05) is 17.8 Å². The summed E-state index contributed by atoms with van der Waals surface area (Å²) < 4.78 is 3.31. The van der Waals surface area contributed by atoms with Crippen molar-refractivity contribution < 1.29 is 0 Å². The summed E-state index contributed by atoms with van der Waals surface area (Å²) in [7, 11) is 0. The van der Waals surface area contributed by atoms with E-state index in [9.17, 15) is 4.79 Å². The number of hydrogen-bond donors (Lipinski definition) is 1. The van der Waals surface area contributed by atoms with Crippen LogP contribution < -0.4 is 11.0 Å². The lowest BCUT2D eigenvalue weighted by Crippen LogP contribution is -2.31. The monoisotopic (exact) mass is 391 g/mol. The third-order valence-corrected chi connectivity index (χ3v) is 5.34. The second-order valence-electron chi connectivity index (χ2n) is 6.37. The Kier molecular flexibility index (Phi) is 5.90. The van der Waals surface area contributed by atoms with E-state index in [4.69, 9.17) is 5.10 Å². The summed E-state index contributed by atoms with van der Waals surface area (Å²) in [4.78, 5) is 17.5. The van der Waals surface area contributed by atoms with Gasteiger partial charge in [-0.3, -0.25) is 0 Å². The molecule has 0 bridgehead atoms. The summed E-state index contributed by atoms with van der Waals surface area (Å²) >= 11 is 1.59. The first-order valence-electron chi connectivity index (χ1n) is 8.59. The molecule has 1 aliphatic rings. The minimum absolute atomic E-state index is 0. The van der Waals surface area contributed by atoms with Crippen molar-refractivity contribution >= 4 is 23.7 Å². The van der Waals surface area contributed by atoms with E-state index in [0.29, 0.717) is 6.54 Å². The molecule has 0 radical (unpaired) electrons.